The van der Waals surface area contributed by atoms with Gasteiger partial charge in [0.15, 0.2) is 23.1 Å². The molecule has 0 spiro atoms. The summed E-state index contributed by atoms with van der Waals surface area (Å²) < 4.78 is 30.0. The molecule has 0 amide bonds. The van der Waals surface area contributed by atoms with Crippen LogP contribution in [0.1, 0.15) is 12.5 Å². The summed E-state index contributed by atoms with van der Waals surface area (Å²) in [6, 6.07) is 11.9. The van der Waals surface area contributed by atoms with Crippen molar-refractivity contribution in [3.63, 3.8) is 0 Å². The van der Waals surface area contributed by atoms with E-state index in [0.717, 1.165) is 5.56 Å². The molecule has 0 radical (unpaired) electrons. The maximum atomic E-state index is 13.5. The standard InChI is InChI=1S/C22H28FNO4/c1-4-7-17-10-11-21(22(14-17)26-3)28-16-18(25)15-24(2)12-13-27-20-9-6-5-8-19(20)23/h4-11,14,18,25H,12-13,15-16H2,1-3H3. The zero-order valence-corrected chi connectivity index (χ0v) is 16.6. The highest BCUT2D eigenvalue weighted by Crippen LogP contribution is 2.28. The molecule has 0 aromatic heterocycles. The van der Waals surface area contributed by atoms with Gasteiger partial charge in [0, 0.05) is 13.1 Å². The molecular weight excluding hydrogens is 361 g/mol. The van der Waals surface area contributed by atoms with Gasteiger partial charge in [0.05, 0.1) is 7.11 Å². The number of aliphatic hydroxyl groups excluding tert-OH is 1. The zero-order valence-electron chi connectivity index (χ0n) is 16.6. The Morgan fingerprint density at radius 3 is 2.61 bits per heavy atom. The van der Waals surface area contributed by atoms with Gasteiger partial charge in [-0.2, -0.15) is 0 Å². The molecule has 28 heavy (non-hydrogen) atoms. The maximum absolute atomic E-state index is 13.5. The van der Waals surface area contributed by atoms with E-state index in [1.54, 1.807) is 25.3 Å². The second-order valence-corrected chi connectivity index (χ2v) is 6.42. The van der Waals surface area contributed by atoms with Gasteiger partial charge in [0.25, 0.3) is 0 Å². The highest BCUT2D eigenvalue weighted by molar-refractivity contribution is 5.55. The average molecular weight is 389 g/mol. The van der Waals surface area contributed by atoms with Gasteiger partial charge in [0.1, 0.15) is 19.3 Å². The van der Waals surface area contributed by atoms with Crippen LogP contribution in [0, 0.1) is 5.82 Å². The molecule has 0 heterocycles. The van der Waals surface area contributed by atoms with Gasteiger partial charge < -0.3 is 24.2 Å². The number of aliphatic hydroxyl groups is 1. The number of methoxy groups -OCH3 is 1. The second kappa shape index (κ2) is 11.3. The number of benzene rings is 2. The molecule has 2 aromatic rings. The van der Waals surface area contributed by atoms with Gasteiger partial charge in [-0.25, -0.2) is 4.39 Å². The maximum Gasteiger partial charge on any atom is 0.165 e. The SMILES string of the molecule is CC=Cc1ccc(OCC(O)CN(C)CCOc2ccccc2F)c(OC)c1. The van der Waals surface area contributed by atoms with E-state index in [4.69, 9.17) is 14.2 Å². The highest BCUT2D eigenvalue weighted by Gasteiger charge is 2.12. The molecule has 0 aliphatic rings. The van der Waals surface area contributed by atoms with Crippen molar-refractivity contribution in [3.05, 3.63) is 59.9 Å². The molecule has 0 bridgehead atoms. The van der Waals surface area contributed by atoms with E-state index in [9.17, 15) is 9.50 Å². The predicted molar refractivity (Wildman–Crippen MR) is 109 cm³/mol. The Morgan fingerprint density at radius 2 is 1.89 bits per heavy atom. The van der Waals surface area contributed by atoms with E-state index < -0.39 is 6.10 Å². The Bertz CT molecular complexity index is 766. The number of hydrogen-bond acceptors (Lipinski definition) is 5. The highest BCUT2D eigenvalue weighted by atomic mass is 19.1. The van der Waals surface area contributed by atoms with Gasteiger partial charge in [-0.1, -0.05) is 30.4 Å². The Hall–Kier alpha value is -2.57. The molecular formula is C22H28FNO4. The van der Waals surface area contributed by atoms with Crippen molar-refractivity contribution in [1.82, 2.24) is 4.90 Å². The quantitative estimate of drug-likeness (QED) is 0.636. The lowest BCUT2D eigenvalue weighted by Gasteiger charge is -2.21. The molecule has 0 saturated carbocycles. The summed E-state index contributed by atoms with van der Waals surface area (Å²) in [5, 5.41) is 10.2. The van der Waals surface area contributed by atoms with Crippen molar-refractivity contribution >= 4 is 6.08 Å². The van der Waals surface area contributed by atoms with Crippen LogP contribution in [0.3, 0.4) is 0 Å². The van der Waals surface area contributed by atoms with Crippen molar-refractivity contribution in [2.45, 2.75) is 13.0 Å². The van der Waals surface area contributed by atoms with Crippen LogP contribution in [-0.2, 0) is 0 Å². The van der Waals surface area contributed by atoms with Crippen molar-refractivity contribution < 1.29 is 23.7 Å². The van der Waals surface area contributed by atoms with E-state index in [1.165, 1.54) is 6.07 Å². The fourth-order valence-corrected chi connectivity index (χ4v) is 2.66. The molecule has 1 N–H and O–H groups in total. The molecule has 0 fully saturated rings. The first-order valence-electron chi connectivity index (χ1n) is 9.21. The number of allylic oxidation sites excluding steroid dienone is 1. The minimum absolute atomic E-state index is 0.137. The number of ether oxygens (including phenoxy) is 3. The summed E-state index contributed by atoms with van der Waals surface area (Å²) >= 11 is 0. The van der Waals surface area contributed by atoms with Crippen LogP contribution in [0.2, 0.25) is 0 Å². The largest absolute Gasteiger partial charge is 0.493 e. The smallest absolute Gasteiger partial charge is 0.165 e. The Morgan fingerprint density at radius 1 is 1.11 bits per heavy atom. The molecule has 0 aliphatic carbocycles. The number of nitrogens with zero attached hydrogens (tertiary/aromatic N) is 1. The van der Waals surface area contributed by atoms with Gasteiger partial charge in [0.2, 0.25) is 0 Å². The molecule has 1 atom stereocenters. The lowest BCUT2D eigenvalue weighted by molar-refractivity contribution is 0.0710. The normalized spacial score (nSPS) is 12.4. The van der Waals surface area contributed by atoms with Crippen LogP contribution in [-0.4, -0.2) is 56.6 Å². The lowest BCUT2D eigenvalue weighted by Crippen LogP contribution is -2.35. The third-order valence-corrected chi connectivity index (χ3v) is 4.07. The van der Waals surface area contributed by atoms with Crippen LogP contribution in [0.5, 0.6) is 17.2 Å². The van der Waals surface area contributed by atoms with Crippen molar-refractivity contribution in [2.24, 2.45) is 0 Å². The minimum Gasteiger partial charge on any atom is -0.493 e. The molecule has 6 heteroatoms. The molecule has 0 aliphatic heterocycles. The van der Waals surface area contributed by atoms with Crippen molar-refractivity contribution in [1.29, 1.82) is 0 Å². The Labute approximate surface area is 166 Å². The first-order chi connectivity index (χ1) is 13.5. The lowest BCUT2D eigenvalue weighted by atomic mass is 10.2. The van der Waals surface area contributed by atoms with Gasteiger partial charge in [-0.3, -0.25) is 0 Å². The van der Waals surface area contributed by atoms with Crippen molar-refractivity contribution in [3.8, 4) is 17.2 Å². The second-order valence-electron chi connectivity index (χ2n) is 6.42. The minimum atomic E-state index is -0.682. The molecule has 2 aromatic carbocycles. The number of halogens is 1. The summed E-state index contributed by atoms with van der Waals surface area (Å²) in [6.07, 6.45) is 3.24. The Kier molecular flexibility index (Phi) is 8.78. The van der Waals surface area contributed by atoms with E-state index in [-0.39, 0.29) is 18.2 Å². The monoisotopic (exact) mass is 389 g/mol. The number of hydrogen-bond donors (Lipinski definition) is 1. The number of likely N-dealkylation sites (N-methyl/N-ethyl adjacent to an activating group) is 1. The van der Waals surface area contributed by atoms with E-state index in [0.29, 0.717) is 31.2 Å². The average Bonchev–Trinajstić information content (AvgIpc) is 2.68. The zero-order chi connectivity index (χ0) is 20.4. The van der Waals surface area contributed by atoms with Crippen LogP contribution >= 0.6 is 0 Å². The van der Waals surface area contributed by atoms with Crippen LogP contribution < -0.4 is 14.2 Å². The predicted octanol–water partition coefficient (Wildman–Crippen LogP) is 3.62. The summed E-state index contributed by atoms with van der Waals surface area (Å²) in [7, 11) is 3.45. The van der Waals surface area contributed by atoms with Crippen LogP contribution in [0.15, 0.2) is 48.5 Å². The van der Waals surface area contributed by atoms with E-state index >= 15 is 0 Å². The molecule has 2 rings (SSSR count). The summed E-state index contributed by atoms with van der Waals surface area (Å²) in [6.45, 7) is 3.36. The number of rotatable bonds is 11. The molecule has 152 valence electrons. The Balaban J connectivity index is 1.75. The first kappa shape index (κ1) is 21.7. The van der Waals surface area contributed by atoms with Crippen LogP contribution in [0.4, 0.5) is 4.39 Å². The third kappa shape index (κ3) is 6.87. The molecule has 1 unspecified atom stereocenters. The topological polar surface area (TPSA) is 51.2 Å². The van der Waals surface area contributed by atoms with Gasteiger partial charge in [-0.05, 0) is 43.8 Å². The third-order valence-electron chi connectivity index (χ3n) is 4.07. The summed E-state index contributed by atoms with van der Waals surface area (Å²) in [5.41, 5.74) is 1.02. The molecule has 5 nitrogen and oxygen atoms in total. The summed E-state index contributed by atoms with van der Waals surface area (Å²) in [5.74, 6) is 1.05. The number of para-hydroxylation sites is 1. The van der Waals surface area contributed by atoms with Crippen LogP contribution in [0.25, 0.3) is 6.08 Å². The van der Waals surface area contributed by atoms with Gasteiger partial charge in [-0.15, -0.1) is 0 Å². The van der Waals surface area contributed by atoms with Crippen molar-refractivity contribution in [2.75, 3.05) is 40.5 Å². The van der Waals surface area contributed by atoms with E-state index in [1.807, 2.05) is 49.2 Å². The van der Waals surface area contributed by atoms with E-state index in [2.05, 4.69) is 0 Å². The fraction of sp³-hybridized carbons (Fsp3) is 0.364. The first-order valence-corrected chi connectivity index (χ1v) is 9.21. The summed E-state index contributed by atoms with van der Waals surface area (Å²) in [4.78, 5) is 1.90. The van der Waals surface area contributed by atoms with Gasteiger partial charge >= 0.3 is 0 Å². The fourth-order valence-electron chi connectivity index (χ4n) is 2.66. The molecule has 0 saturated heterocycles.